The Bertz CT molecular complexity index is 857. The predicted octanol–water partition coefficient (Wildman–Crippen LogP) is 3.64. The normalized spacial score (nSPS) is 11.2. The van der Waals surface area contributed by atoms with Gasteiger partial charge in [0.05, 0.1) is 17.6 Å². The molecule has 1 aromatic carbocycles. The number of anilines is 2. The van der Waals surface area contributed by atoms with E-state index >= 15 is 0 Å². The van der Waals surface area contributed by atoms with Crippen LogP contribution in [0.2, 0.25) is 0 Å². The molecule has 3 aromatic rings. The minimum absolute atomic E-state index is 0.191. The average molecular weight is 336 g/mol. The van der Waals surface area contributed by atoms with E-state index in [0.717, 1.165) is 17.1 Å². The minimum Gasteiger partial charge on any atom is -0.399 e. The highest BCUT2D eigenvalue weighted by Crippen LogP contribution is 2.24. The number of imidazole rings is 1. The van der Waals surface area contributed by atoms with Crippen LogP contribution in [-0.2, 0) is 4.84 Å². The summed E-state index contributed by atoms with van der Waals surface area (Å²) in [7, 11) is 1.51. The molecule has 0 aliphatic heterocycles. The van der Waals surface area contributed by atoms with Crippen molar-refractivity contribution >= 4 is 17.9 Å². The molecule has 0 amide bonds. The van der Waals surface area contributed by atoms with Gasteiger partial charge in [0.25, 0.3) is 0 Å². The fourth-order valence-electron chi connectivity index (χ4n) is 2.51. The van der Waals surface area contributed by atoms with Crippen LogP contribution in [0.25, 0.3) is 11.4 Å². The lowest BCUT2D eigenvalue weighted by Crippen LogP contribution is -2.08. The van der Waals surface area contributed by atoms with Crippen LogP contribution < -0.4 is 5.32 Å². The summed E-state index contributed by atoms with van der Waals surface area (Å²) in [6.07, 6.45) is 5.10. The first-order chi connectivity index (χ1) is 12.2. The Labute approximate surface area is 146 Å². The van der Waals surface area contributed by atoms with Crippen molar-refractivity contribution in [2.24, 2.45) is 5.16 Å². The maximum absolute atomic E-state index is 4.76. The van der Waals surface area contributed by atoms with Crippen molar-refractivity contribution in [3.8, 4) is 11.4 Å². The fraction of sp³-hybridized carbons (Fsp3) is 0.222. The molecule has 2 heterocycles. The number of aromatic nitrogens is 4. The number of benzene rings is 1. The standard InChI is InChI=1S/C18H20N6O/c1-13(2)24-16(11-20-17(24)12-21-25-3)15-9-10-19-18(23-15)22-14-7-5-4-6-8-14/h4-13H,1-3H3,(H,19,22,23)/b21-12+. The van der Waals surface area contributed by atoms with Gasteiger partial charge in [0.1, 0.15) is 13.3 Å². The Hall–Kier alpha value is -3.22. The number of nitrogens with one attached hydrogen (secondary N) is 1. The van der Waals surface area contributed by atoms with Gasteiger partial charge in [0, 0.05) is 17.9 Å². The molecule has 2 aromatic heterocycles. The second kappa shape index (κ2) is 7.57. The Morgan fingerprint density at radius 1 is 1.16 bits per heavy atom. The van der Waals surface area contributed by atoms with Crippen molar-refractivity contribution in [3.63, 3.8) is 0 Å². The zero-order valence-electron chi connectivity index (χ0n) is 14.4. The van der Waals surface area contributed by atoms with Gasteiger partial charge in [0.2, 0.25) is 5.95 Å². The van der Waals surface area contributed by atoms with Crippen LogP contribution in [0, 0.1) is 0 Å². The van der Waals surface area contributed by atoms with E-state index in [1.807, 2.05) is 36.4 Å². The first-order valence-corrected chi connectivity index (χ1v) is 7.98. The van der Waals surface area contributed by atoms with Gasteiger partial charge in [-0.05, 0) is 32.0 Å². The van der Waals surface area contributed by atoms with Gasteiger partial charge in [-0.1, -0.05) is 23.4 Å². The van der Waals surface area contributed by atoms with Crippen LogP contribution in [-0.4, -0.2) is 32.8 Å². The SMILES string of the molecule is CO/N=C/c1ncc(-c2ccnc(Nc3ccccc3)n2)n1C(C)C. The van der Waals surface area contributed by atoms with E-state index in [2.05, 4.69) is 43.8 Å². The van der Waals surface area contributed by atoms with E-state index in [1.54, 1.807) is 18.6 Å². The second-order valence-corrected chi connectivity index (χ2v) is 5.64. The van der Waals surface area contributed by atoms with E-state index in [1.165, 1.54) is 7.11 Å². The van der Waals surface area contributed by atoms with Crippen molar-refractivity contribution < 1.29 is 4.84 Å². The summed E-state index contributed by atoms with van der Waals surface area (Å²) >= 11 is 0. The van der Waals surface area contributed by atoms with Crippen LogP contribution >= 0.6 is 0 Å². The van der Waals surface area contributed by atoms with Crippen LogP contribution in [0.4, 0.5) is 11.6 Å². The summed E-state index contributed by atoms with van der Waals surface area (Å²) in [5, 5.41) is 7.02. The molecule has 3 rings (SSSR count). The van der Waals surface area contributed by atoms with Crippen molar-refractivity contribution in [1.82, 2.24) is 19.5 Å². The predicted molar refractivity (Wildman–Crippen MR) is 98.0 cm³/mol. The van der Waals surface area contributed by atoms with Crippen molar-refractivity contribution in [3.05, 3.63) is 54.6 Å². The molecule has 0 atom stereocenters. The number of nitrogens with zero attached hydrogens (tertiary/aromatic N) is 5. The van der Waals surface area contributed by atoms with Gasteiger partial charge >= 0.3 is 0 Å². The van der Waals surface area contributed by atoms with E-state index in [4.69, 9.17) is 4.84 Å². The second-order valence-electron chi connectivity index (χ2n) is 5.64. The zero-order valence-corrected chi connectivity index (χ0v) is 14.4. The van der Waals surface area contributed by atoms with Gasteiger partial charge in [-0.15, -0.1) is 0 Å². The van der Waals surface area contributed by atoms with Gasteiger partial charge in [0.15, 0.2) is 5.82 Å². The topological polar surface area (TPSA) is 77.2 Å². The van der Waals surface area contributed by atoms with E-state index in [9.17, 15) is 0 Å². The summed E-state index contributed by atoms with van der Waals surface area (Å²) in [6.45, 7) is 4.17. The molecule has 25 heavy (non-hydrogen) atoms. The average Bonchev–Trinajstić information content (AvgIpc) is 3.05. The van der Waals surface area contributed by atoms with Gasteiger partial charge in [-0.2, -0.15) is 0 Å². The lowest BCUT2D eigenvalue weighted by Gasteiger charge is -2.14. The first kappa shape index (κ1) is 16.6. The van der Waals surface area contributed by atoms with Gasteiger partial charge in [-0.25, -0.2) is 15.0 Å². The molecule has 1 N–H and O–H groups in total. The summed E-state index contributed by atoms with van der Waals surface area (Å²) in [6, 6.07) is 11.9. The Morgan fingerprint density at radius 3 is 2.68 bits per heavy atom. The molecule has 0 saturated heterocycles. The fourth-order valence-corrected chi connectivity index (χ4v) is 2.51. The molecule has 0 aliphatic carbocycles. The lowest BCUT2D eigenvalue weighted by molar-refractivity contribution is 0.215. The molecule has 128 valence electrons. The van der Waals surface area contributed by atoms with Crippen LogP contribution in [0.5, 0.6) is 0 Å². The molecule has 0 fully saturated rings. The van der Waals surface area contributed by atoms with Crippen LogP contribution in [0.15, 0.2) is 53.9 Å². The minimum atomic E-state index is 0.191. The third kappa shape index (κ3) is 3.82. The summed E-state index contributed by atoms with van der Waals surface area (Å²) in [4.78, 5) is 18.1. The van der Waals surface area contributed by atoms with E-state index in [0.29, 0.717) is 11.8 Å². The molecular weight excluding hydrogens is 316 g/mol. The van der Waals surface area contributed by atoms with Crippen LogP contribution in [0.3, 0.4) is 0 Å². The summed E-state index contributed by atoms with van der Waals surface area (Å²) in [5.41, 5.74) is 2.61. The lowest BCUT2D eigenvalue weighted by atomic mass is 10.2. The Kier molecular flexibility index (Phi) is 5.03. The summed E-state index contributed by atoms with van der Waals surface area (Å²) in [5.74, 6) is 1.25. The zero-order chi connectivity index (χ0) is 17.6. The third-order valence-electron chi connectivity index (χ3n) is 3.56. The highest BCUT2D eigenvalue weighted by Gasteiger charge is 2.15. The van der Waals surface area contributed by atoms with Gasteiger partial charge in [-0.3, -0.25) is 0 Å². The molecule has 0 radical (unpaired) electrons. The number of para-hydroxylation sites is 1. The van der Waals surface area contributed by atoms with E-state index < -0.39 is 0 Å². The highest BCUT2D eigenvalue weighted by atomic mass is 16.6. The first-order valence-electron chi connectivity index (χ1n) is 7.98. The number of oxime groups is 1. The van der Waals surface area contributed by atoms with E-state index in [-0.39, 0.29) is 6.04 Å². The number of hydrogen-bond donors (Lipinski definition) is 1. The van der Waals surface area contributed by atoms with Crippen molar-refractivity contribution in [2.45, 2.75) is 19.9 Å². The molecule has 0 bridgehead atoms. The number of rotatable bonds is 6. The molecular formula is C18H20N6O. The molecule has 0 aliphatic rings. The molecule has 0 spiro atoms. The van der Waals surface area contributed by atoms with Crippen molar-refractivity contribution in [2.75, 3.05) is 12.4 Å². The number of hydrogen-bond acceptors (Lipinski definition) is 6. The van der Waals surface area contributed by atoms with Crippen LogP contribution in [0.1, 0.15) is 25.7 Å². The summed E-state index contributed by atoms with van der Waals surface area (Å²) < 4.78 is 2.05. The molecule has 7 heteroatoms. The highest BCUT2D eigenvalue weighted by molar-refractivity contribution is 5.76. The molecule has 0 unspecified atom stereocenters. The maximum atomic E-state index is 4.76. The third-order valence-corrected chi connectivity index (χ3v) is 3.56. The Balaban J connectivity index is 1.95. The van der Waals surface area contributed by atoms with Crippen molar-refractivity contribution in [1.29, 1.82) is 0 Å². The largest absolute Gasteiger partial charge is 0.399 e. The molecule has 7 nitrogen and oxygen atoms in total. The Morgan fingerprint density at radius 2 is 1.96 bits per heavy atom. The monoisotopic (exact) mass is 336 g/mol. The van der Waals surface area contributed by atoms with Gasteiger partial charge < -0.3 is 14.7 Å². The maximum Gasteiger partial charge on any atom is 0.227 e. The smallest absolute Gasteiger partial charge is 0.227 e. The molecule has 0 saturated carbocycles. The quantitative estimate of drug-likeness (QED) is 0.549.